The number of benzene rings is 4. The van der Waals surface area contributed by atoms with E-state index < -0.39 is 178 Å². The van der Waals surface area contributed by atoms with E-state index in [-0.39, 0.29) is 34.6 Å². The molecule has 4 aliphatic rings. The van der Waals surface area contributed by atoms with Crippen molar-refractivity contribution >= 4 is 47.4 Å². The number of phenols is 3. The molecular formula is C55H58N2O23. The van der Waals surface area contributed by atoms with E-state index in [0.717, 1.165) is 44.9 Å². The number of likely N-dealkylation sites (N-methyl/N-ethyl adjacent to an activating group) is 1. The van der Waals surface area contributed by atoms with Crippen LogP contribution < -0.4 is 10.1 Å². The van der Waals surface area contributed by atoms with Gasteiger partial charge in [0.15, 0.2) is 42.5 Å². The smallest absolute Gasteiger partial charge is 0.410 e. The SMILES string of the molecule is COC(=O)[C@@H](C)NC(=O)c1c(C)cc2c(c1O)-c1c(cc3c(c1O)C(=O)c1cc(OC)cc(O)c1C3=O)[C@H](O)[C@H]2O[C@@H]1O[C@H](C)[C@H](N(C)C(=O)OCc2ccccc2)[C@H](O[C@@H]2OC[C@H](OC(C)=O)[C@H](OC(C)=O)[C@H]2OC(C)=O)[C@H]1O. The van der Waals surface area contributed by atoms with Crippen LogP contribution in [-0.2, 0) is 68.4 Å². The minimum atomic E-state index is -2.09. The molecule has 2 amide bonds. The molecule has 25 heteroatoms. The number of hydrogen-bond donors (Lipinski definition) is 6. The van der Waals surface area contributed by atoms with E-state index in [1.54, 1.807) is 30.3 Å². The molecule has 4 aromatic rings. The molecule has 0 aromatic heterocycles. The molecule has 2 aliphatic heterocycles. The Balaban J connectivity index is 1.24. The molecule has 0 radical (unpaired) electrons. The lowest BCUT2D eigenvalue weighted by Gasteiger charge is -2.49. The Kier molecular flexibility index (Phi) is 16.8. The molecule has 12 atom stereocenters. The number of carbonyl (C=O) groups is 8. The zero-order chi connectivity index (χ0) is 58.3. The van der Waals surface area contributed by atoms with Gasteiger partial charge in [-0.2, -0.15) is 0 Å². The molecular weight excluding hydrogens is 1060 g/mol. The fourth-order valence-electron chi connectivity index (χ4n) is 10.5. The number of amides is 2. The van der Waals surface area contributed by atoms with Crippen LogP contribution in [0.4, 0.5) is 4.79 Å². The van der Waals surface area contributed by atoms with E-state index in [2.05, 4.69) is 5.32 Å². The second-order valence-corrected chi connectivity index (χ2v) is 19.4. The van der Waals surface area contributed by atoms with Gasteiger partial charge in [-0.3, -0.25) is 28.8 Å². The number of carbonyl (C=O) groups excluding carboxylic acids is 8. The number of nitrogens with zero attached hydrogens (tertiary/aromatic N) is 1. The minimum absolute atomic E-state index is 0.00369. The zero-order valence-corrected chi connectivity index (χ0v) is 44.6. The Hall–Kier alpha value is -8.20. The molecule has 2 fully saturated rings. The number of aliphatic hydroxyl groups excluding tert-OH is 2. The van der Waals surface area contributed by atoms with Gasteiger partial charge >= 0.3 is 30.0 Å². The molecule has 2 saturated heterocycles. The normalized spacial score (nSPS) is 25.0. The van der Waals surface area contributed by atoms with Crippen molar-refractivity contribution in [2.24, 2.45) is 0 Å². The maximum atomic E-state index is 14.4. The van der Waals surface area contributed by atoms with E-state index in [4.69, 9.17) is 47.4 Å². The molecule has 8 rings (SSSR count). The van der Waals surface area contributed by atoms with Crippen LogP contribution in [0.1, 0.15) is 111 Å². The molecule has 25 nitrogen and oxygen atoms in total. The highest BCUT2D eigenvalue weighted by molar-refractivity contribution is 6.31. The van der Waals surface area contributed by atoms with Gasteiger partial charge in [-0.1, -0.05) is 36.4 Å². The van der Waals surface area contributed by atoms with Crippen molar-refractivity contribution in [1.29, 1.82) is 0 Å². The summed E-state index contributed by atoms with van der Waals surface area (Å²) in [5.41, 5.74) is -3.23. The third-order valence-electron chi connectivity index (χ3n) is 14.0. The van der Waals surface area contributed by atoms with Crippen molar-refractivity contribution in [1.82, 2.24) is 10.2 Å². The monoisotopic (exact) mass is 1110 g/mol. The summed E-state index contributed by atoms with van der Waals surface area (Å²) in [6.07, 6.45) is -18.3. The quantitative estimate of drug-likeness (QED) is 0.0686. The summed E-state index contributed by atoms with van der Waals surface area (Å²) < 4.78 is 57.4. The number of aliphatic hydroxyl groups is 2. The van der Waals surface area contributed by atoms with Crippen molar-refractivity contribution in [3.8, 4) is 34.1 Å². The molecule has 0 spiro atoms. The summed E-state index contributed by atoms with van der Waals surface area (Å²) in [6, 6.07) is 10.6. The lowest BCUT2D eigenvalue weighted by atomic mass is 9.74. The zero-order valence-electron chi connectivity index (χ0n) is 44.6. The molecule has 80 heavy (non-hydrogen) atoms. The fraction of sp³-hybridized carbons (Fsp3) is 0.418. The topological polar surface area (TPSA) is 345 Å². The average Bonchev–Trinajstić information content (AvgIpc) is 3.60. The number of aryl methyl sites for hydroxylation is 1. The lowest BCUT2D eigenvalue weighted by Crippen LogP contribution is -2.67. The second-order valence-electron chi connectivity index (χ2n) is 19.4. The van der Waals surface area contributed by atoms with Gasteiger partial charge in [0.25, 0.3) is 5.91 Å². The average molecular weight is 1120 g/mol. The van der Waals surface area contributed by atoms with E-state index in [1.807, 2.05) is 0 Å². The first-order valence-electron chi connectivity index (χ1n) is 24.9. The number of nitrogens with one attached hydrogen (secondary N) is 1. The van der Waals surface area contributed by atoms with Crippen LogP contribution in [0.3, 0.4) is 0 Å². The number of ether oxygens (including phenoxy) is 10. The first-order valence-corrected chi connectivity index (χ1v) is 24.9. The molecule has 0 saturated carbocycles. The van der Waals surface area contributed by atoms with Crippen molar-refractivity contribution in [2.45, 2.75) is 122 Å². The predicted octanol–water partition coefficient (Wildman–Crippen LogP) is 3.24. The van der Waals surface area contributed by atoms with Crippen molar-refractivity contribution in [3.63, 3.8) is 0 Å². The van der Waals surface area contributed by atoms with Crippen LogP contribution >= 0.6 is 0 Å². The van der Waals surface area contributed by atoms with Crippen molar-refractivity contribution < 1.29 is 111 Å². The Morgan fingerprint density at radius 2 is 1.39 bits per heavy atom. The van der Waals surface area contributed by atoms with Crippen LogP contribution in [-0.4, -0.2) is 167 Å². The Morgan fingerprint density at radius 3 is 2.02 bits per heavy atom. The summed E-state index contributed by atoms with van der Waals surface area (Å²) in [4.78, 5) is 108. The number of esters is 4. The first kappa shape index (κ1) is 58.0. The minimum Gasteiger partial charge on any atom is -0.507 e. The standard InChI is InChI=1S/C55H58N2O23/c1-21-15-32-38(44(65)35(21)51(68)56-22(2)52(69)72-9)37-30(18-31-39(45(37)66)42(63)29-16-28(71-8)17-33(61)36(29)41(31)62)43(64)47(32)79-53-46(67)49(40(23(3)75-53)57(7)55(70)74-19-27-13-11-10-12-14-27)80-54-50(78-26(6)60)48(77-25(5)59)34(20-73-54)76-24(4)58/h10-18,22-23,34,40,43,46-50,53-54,61,64-67H,19-20H2,1-9H3,(H,56,68)/t22-,23-,34+,40+,43+,46-,47+,48+,49+,50-,53+,54+/m1/s1. The van der Waals surface area contributed by atoms with E-state index >= 15 is 0 Å². The maximum absolute atomic E-state index is 14.4. The van der Waals surface area contributed by atoms with Gasteiger partial charge in [0.1, 0.15) is 60.1 Å². The van der Waals surface area contributed by atoms with Crippen LogP contribution in [0.15, 0.2) is 54.6 Å². The second kappa shape index (κ2) is 23.3. The van der Waals surface area contributed by atoms with Gasteiger partial charge in [0.05, 0.1) is 49.7 Å². The third kappa shape index (κ3) is 10.9. The van der Waals surface area contributed by atoms with Crippen LogP contribution in [0, 0.1) is 6.92 Å². The van der Waals surface area contributed by atoms with E-state index in [0.29, 0.717) is 5.56 Å². The highest BCUT2D eigenvalue weighted by Crippen LogP contribution is 2.57. The number of aromatic hydroxyl groups is 3. The Labute approximate surface area is 456 Å². The summed E-state index contributed by atoms with van der Waals surface area (Å²) >= 11 is 0. The molecule has 4 aromatic carbocycles. The van der Waals surface area contributed by atoms with Gasteiger partial charge in [0, 0.05) is 56.1 Å². The number of ketones is 2. The summed E-state index contributed by atoms with van der Waals surface area (Å²) in [5.74, 6) is -8.94. The summed E-state index contributed by atoms with van der Waals surface area (Å²) in [5, 5.41) is 63.4. The van der Waals surface area contributed by atoms with Crippen molar-refractivity contribution in [3.05, 3.63) is 105 Å². The van der Waals surface area contributed by atoms with Gasteiger partial charge < -0.3 is 83.1 Å². The van der Waals surface area contributed by atoms with Gasteiger partial charge in [0.2, 0.25) is 0 Å². The van der Waals surface area contributed by atoms with Crippen LogP contribution in [0.25, 0.3) is 11.1 Å². The van der Waals surface area contributed by atoms with Gasteiger partial charge in [-0.15, -0.1) is 0 Å². The van der Waals surface area contributed by atoms with E-state index in [9.17, 15) is 63.9 Å². The third-order valence-corrected chi connectivity index (χ3v) is 14.0. The maximum Gasteiger partial charge on any atom is 0.410 e. The van der Waals surface area contributed by atoms with E-state index in [1.165, 1.54) is 47.1 Å². The highest BCUT2D eigenvalue weighted by atomic mass is 16.7. The number of methoxy groups -OCH3 is 2. The Morgan fingerprint density at radius 1 is 0.762 bits per heavy atom. The molecule has 6 N–H and O–H groups in total. The largest absolute Gasteiger partial charge is 0.507 e. The number of fused-ring (bicyclic) bond motifs is 5. The van der Waals surface area contributed by atoms with Crippen LogP contribution in [0.5, 0.6) is 23.0 Å². The van der Waals surface area contributed by atoms with Gasteiger partial charge in [-0.25, -0.2) is 9.59 Å². The molecule has 2 aliphatic carbocycles. The number of rotatable bonds is 14. The van der Waals surface area contributed by atoms with Crippen molar-refractivity contribution in [2.75, 3.05) is 27.9 Å². The Bertz CT molecular complexity index is 3160. The van der Waals surface area contributed by atoms with Gasteiger partial charge in [-0.05, 0) is 55.2 Å². The number of phenolic OH excluding ortho intramolecular Hbond substituents is 3. The fourth-order valence-corrected chi connectivity index (χ4v) is 10.5. The van der Waals surface area contributed by atoms with Crippen LogP contribution in [0.2, 0.25) is 0 Å². The summed E-state index contributed by atoms with van der Waals surface area (Å²) in [7, 11) is 3.65. The first-order chi connectivity index (χ1) is 37.9. The molecule has 0 bridgehead atoms. The predicted molar refractivity (Wildman–Crippen MR) is 269 cm³/mol. The lowest BCUT2D eigenvalue weighted by molar-refractivity contribution is -0.345. The number of hydrogen-bond acceptors (Lipinski definition) is 23. The molecule has 2 heterocycles. The highest BCUT2D eigenvalue weighted by Gasteiger charge is 2.55. The molecule has 0 unspecified atom stereocenters. The summed E-state index contributed by atoms with van der Waals surface area (Å²) in [6.45, 7) is 6.59. The molecule has 426 valence electrons.